The van der Waals surface area contributed by atoms with Crippen LogP contribution in [0.15, 0.2) is 36.4 Å². The molecule has 0 unspecified atom stereocenters. The highest BCUT2D eigenvalue weighted by molar-refractivity contribution is 5.95. The number of amides is 1. The number of carbonyl (C=O) groups excluding carboxylic acids is 1. The summed E-state index contributed by atoms with van der Waals surface area (Å²) in [6, 6.07) is 11.8. The molecule has 1 atom stereocenters. The number of fused-ring (bicyclic) bond motifs is 1. The van der Waals surface area contributed by atoms with E-state index in [1.54, 1.807) is 19.2 Å². The molecule has 138 valence electrons. The summed E-state index contributed by atoms with van der Waals surface area (Å²) in [6.45, 7) is 0.618. The van der Waals surface area contributed by atoms with Gasteiger partial charge in [0.1, 0.15) is 0 Å². The van der Waals surface area contributed by atoms with Crippen molar-refractivity contribution >= 4 is 5.91 Å². The molecule has 5 heteroatoms. The van der Waals surface area contributed by atoms with Gasteiger partial charge in [-0.2, -0.15) is 0 Å². The molecule has 0 radical (unpaired) electrons. The van der Waals surface area contributed by atoms with Crippen molar-refractivity contribution < 1.29 is 19.0 Å². The Morgan fingerprint density at radius 2 is 1.77 bits per heavy atom. The van der Waals surface area contributed by atoms with E-state index in [4.69, 9.17) is 14.2 Å². The molecule has 26 heavy (non-hydrogen) atoms. The molecule has 1 N–H and O–H groups in total. The van der Waals surface area contributed by atoms with Gasteiger partial charge in [-0.05, 0) is 42.5 Å². The Labute approximate surface area is 154 Å². The topological polar surface area (TPSA) is 56.8 Å². The van der Waals surface area contributed by atoms with Crippen molar-refractivity contribution in [1.82, 2.24) is 5.32 Å². The van der Waals surface area contributed by atoms with Crippen LogP contribution >= 0.6 is 0 Å². The summed E-state index contributed by atoms with van der Waals surface area (Å²) >= 11 is 0. The maximum atomic E-state index is 12.7. The molecule has 0 aliphatic heterocycles. The van der Waals surface area contributed by atoms with Crippen LogP contribution in [-0.4, -0.2) is 33.8 Å². The predicted molar refractivity (Wildman–Crippen MR) is 101 cm³/mol. The van der Waals surface area contributed by atoms with Gasteiger partial charge >= 0.3 is 0 Å². The fourth-order valence-corrected chi connectivity index (χ4v) is 3.60. The SMILES string of the molecule is COc1cc(C(=O)NC[C@H]2CCCc3ccccc32)cc(OC)c1OC. The monoisotopic (exact) mass is 355 g/mol. The van der Waals surface area contributed by atoms with Gasteiger partial charge in [-0.3, -0.25) is 4.79 Å². The van der Waals surface area contributed by atoms with E-state index in [-0.39, 0.29) is 5.91 Å². The van der Waals surface area contributed by atoms with E-state index in [0.29, 0.717) is 35.3 Å². The molecule has 0 spiro atoms. The van der Waals surface area contributed by atoms with Crippen molar-refractivity contribution in [2.75, 3.05) is 27.9 Å². The van der Waals surface area contributed by atoms with E-state index in [9.17, 15) is 4.79 Å². The molecule has 5 nitrogen and oxygen atoms in total. The van der Waals surface area contributed by atoms with Gasteiger partial charge in [0.25, 0.3) is 5.91 Å². The molecule has 0 aromatic heterocycles. The molecule has 0 saturated carbocycles. The third kappa shape index (κ3) is 3.62. The molecule has 1 aliphatic rings. The molecule has 2 aromatic carbocycles. The third-order valence-electron chi connectivity index (χ3n) is 4.93. The van der Waals surface area contributed by atoms with Crippen LogP contribution in [0.4, 0.5) is 0 Å². The van der Waals surface area contributed by atoms with Crippen LogP contribution in [0.1, 0.15) is 40.2 Å². The summed E-state index contributed by atoms with van der Waals surface area (Å²) in [4.78, 5) is 12.7. The normalized spacial score (nSPS) is 15.7. The van der Waals surface area contributed by atoms with Crippen LogP contribution < -0.4 is 19.5 Å². The zero-order valence-corrected chi connectivity index (χ0v) is 15.5. The number of carbonyl (C=O) groups is 1. The van der Waals surface area contributed by atoms with Crippen LogP contribution in [0.2, 0.25) is 0 Å². The van der Waals surface area contributed by atoms with Crippen molar-refractivity contribution in [3.63, 3.8) is 0 Å². The lowest BCUT2D eigenvalue weighted by molar-refractivity contribution is 0.0949. The average Bonchev–Trinajstić information content (AvgIpc) is 2.70. The Morgan fingerprint density at radius 1 is 1.08 bits per heavy atom. The fraction of sp³-hybridized carbons (Fsp3) is 0.381. The zero-order chi connectivity index (χ0) is 18.5. The summed E-state index contributed by atoms with van der Waals surface area (Å²) in [5.74, 6) is 1.63. The smallest absolute Gasteiger partial charge is 0.251 e. The zero-order valence-electron chi connectivity index (χ0n) is 15.5. The highest BCUT2D eigenvalue weighted by atomic mass is 16.5. The average molecular weight is 355 g/mol. The second kappa shape index (κ2) is 8.13. The molecule has 0 heterocycles. The van der Waals surface area contributed by atoms with E-state index >= 15 is 0 Å². The Morgan fingerprint density at radius 3 is 2.42 bits per heavy atom. The number of ether oxygens (including phenoxy) is 3. The second-order valence-electron chi connectivity index (χ2n) is 6.41. The summed E-state index contributed by atoms with van der Waals surface area (Å²) in [5.41, 5.74) is 3.23. The standard InChI is InChI=1S/C21H25NO4/c1-24-18-11-16(12-19(25-2)20(18)26-3)21(23)22-13-15-9-6-8-14-7-4-5-10-17(14)15/h4-5,7,10-12,15H,6,8-9,13H2,1-3H3,(H,22,23)/t15-/m1/s1. The van der Waals surface area contributed by atoms with Crippen molar-refractivity contribution in [3.8, 4) is 17.2 Å². The summed E-state index contributed by atoms with van der Waals surface area (Å²) in [5, 5.41) is 3.06. The van der Waals surface area contributed by atoms with Crippen LogP contribution in [0.3, 0.4) is 0 Å². The van der Waals surface area contributed by atoms with Crippen molar-refractivity contribution in [1.29, 1.82) is 0 Å². The number of methoxy groups -OCH3 is 3. The van der Waals surface area contributed by atoms with E-state index in [1.165, 1.54) is 25.3 Å². The molecule has 0 saturated heterocycles. The largest absolute Gasteiger partial charge is 0.493 e. The van der Waals surface area contributed by atoms with Crippen LogP contribution in [0, 0.1) is 0 Å². The van der Waals surface area contributed by atoms with Crippen LogP contribution in [0.5, 0.6) is 17.2 Å². The predicted octanol–water partition coefficient (Wildman–Crippen LogP) is 3.56. The fourth-order valence-electron chi connectivity index (χ4n) is 3.60. The molecular formula is C21H25NO4. The van der Waals surface area contributed by atoms with Gasteiger partial charge < -0.3 is 19.5 Å². The first kappa shape index (κ1) is 18.1. The first-order chi connectivity index (χ1) is 12.7. The Balaban J connectivity index is 1.75. The highest BCUT2D eigenvalue weighted by Crippen LogP contribution is 2.38. The lowest BCUT2D eigenvalue weighted by Gasteiger charge is -2.25. The lowest BCUT2D eigenvalue weighted by atomic mass is 9.83. The first-order valence-electron chi connectivity index (χ1n) is 8.84. The number of nitrogens with one attached hydrogen (secondary N) is 1. The highest BCUT2D eigenvalue weighted by Gasteiger charge is 2.21. The Kier molecular flexibility index (Phi) is 5.66. The minimum atomic E-state index is -0.146. The van der Waals surface area contributed by atoms with E-state index in [0.717, 1.165) is 19.3 Å². The quantitative estimate of drug-likeness (QED) is 0.861. The van der Waals surface area contributed by atoms with Gasteiger partial charge in [-0.1, -0.05) is 24.3 Å². The number of hydrogen-bond donors (Lipinski definition) is 1. The summed E-state index contributed by atoms with van der Waals surface area (Å²) < 4.78 is 16.0. The number of benzene rings is 2. The second-order valence-corrected chi connectivity index (χ2v) is 6.41. The molecular weight excluding hydrogens is 330 g/mol. The van der Waals surface area contributed by atoms with E-state index in [2.05, 4.69) is 29.6 Å². The van der Waals surface area contributed by atoms with Crippen LogP contribution in [0.25, 0.3) is 0 Å². The number of hydrogen-bond acceptors (Lipinski definition) is 4. The third-order valence-corrected chi connectivity index (χ3v) is 4.93. The van der Waals surface area contributed by atoms with Gasteiger partial charge in [0, 0.05) is 18.0 Å². The van der Waals surface area contributed by atoms with Gasteiger partial charge in [0.15, 0.2) is 11.5 Å². The minimum absolute atomic E-state index is 0.146. The van der Waals surface area contributed by atoms with E-state index < -0.39 is 0 Å². The summed E-state index contributed by atoms with van der Waals surface area (Å²) in [6.07, 6.45) is 3.36. The Hall–Kier alpha value is -2.69. The van der Waals surface area contributed by atoms with Crippen molar-refractivity contribution in [2.24, 2.45) is 0 Å². The van der Waals surface area contributed by atoms with Crippen molar-refractivity contribution in [2.45, 2.75) is 25.2 Å². The van der Waals surface area contributed by atoms with E-state index in [1.807, 2.05) is 0 Å². The van der Waals surface area contributed by atoms with Gasteiger partial charge in [-0.15, -0.1) is 0 Å². The molecule has 2 aromatic rings. The van der Waals surface area contributed by atoms with Gasteiger partial charge in [0.05, 0.1) is 21.3 Å². The minimum Gasteiger partial charge on any atom is -0.493 e. The number of rotatable bonds is 6. The molecule has 0 fully saturated rings. The first-order valence-corrected chi connectivity index (χ1v) is 8.84. The molecule has 1 aliphatic carbocycles. The van der Waals surface area contributed by atoms with Crippen LogP contribution in [-0.2, 0) is 6.42 Å². The summed E-state index contributed by atoms with van der Waals surface area (Å²) in [7, 11) is 4.62. The maximum Gasteiger partial charge on any atom is 0.251 e. The number of aryl methyl sites for hydroxylation is 1. The van der Waals surface area contributed by atoms with Crippen molar-refractivity contribution in [3.05, 3.63) is 53.1 Å². The molecule has 0 bridgehead atoms. The maximum absolute atomic E-state index is 12.7. The molecule has 3 rings (SSSR count). The Bertz CT molecular complexity index is 762. The lowest BCUT2D eigenvalue weighted by Crippen LogP contribution is -2.30. The molecule has 1 amide bonds. The van der Waals surface area contributed by atoms with Gasteiger partial charge in [-0.25, -0.2) is 0 Å². The van der Waals surface area contributed by atoms with Gasteiger partial charge in [0.2, 0.25) is 5.75 Å².